The topological polar surface area (TPSA) is 97.2 Å². The molecule has 0 unspecified atom stereocenters. The van der Waals surface area contributed by atoms with E-state index in [0.717, 1.165) is 17.0 Å². The average molecular weight is 293 g/mol. The normalized spacial score (nSPS) is 10.2. The van der Waals surface area contributed by atoms with Gasteiger partial charge in [0.05, 0.1) is 30.1 Å². The maximum Gasteiger partial charge on any atom is 0.340 e. The number of anilines is 2. The van der Waals surface area contributed by atoms with Crippen molar-refractivity contribution in [3.8, 4) is 0 Å². The summed E-state index contributed by atoms with van der Waals surface area (Å²) < 4.78 is 4.94. The molecular formula is C13H15N3O3S. The van der Waals surface area contributed by atoms with Crippen LogP contribution < -0.4 is 15.9 Å². The zero-order chi connectivity index (χ0) is 14.5. The highest BCUT2D eigenvalue weighted by Gasteiger charge is 2.13. The van der Waals surface area contributed by atoms with Crippen LogP contribution in [0.2, 0.25) is 0 Å². The fourth-order valence-corrected chi connectivity index (χ4v) is 2.28. The summed E-state index contributed by atoms with van der Waals surface area (Å²) >= 11 is 1.10. The highest BCUT2D eigenvalue weighted by molar-refractivity contribution is 7.07. The zero-order valence-electron chi connectivity index (χ0n) is 10.9. The molecule has 2 rings (SSSR count). The van der Waals surface area contributed by atoms with Gasteiger partial charge in [-0.05, 0) is 19.1 Å². The van der Waals surface area contributed by atoms with Crippen LogP contribution in [0.5, 0.6) is 0 Å². The highest BCUT2D eigenvalue weighted by atomic mass is 32.1. The first-order chi connectivity index (χ1) is 9.61. The average Bonchev–Trinajstić information content (AvgIpc) is 2.83. The molecule has 6 nitrogen and oxygen atoms in total. The minimum Gasteiger partial charge on any atom is -0.462 e. The third kappa shape index (κ3) is 3.18. The van der Waals surface area contributed by atoms with Crippen LogP contribution in [0.3, 0.4) is 0 Å². The van der Waals surface area contributed by atoms with E-state index in [-0.39, 0.29) is 4.87 Å². The van der Waals surface area contributed by atoms with Crippen molar-refractivity contribution in [2.45, 2.75) is 13.5 Å². The molecule has 0 aliphatic heterocycles. The number of para-hydroxylation sites is 1. The van der Waals surface area contributed by atoms with Crippen LogP contribution in [0.25, 0.3) is 0 Å². The summed E-state index contributed by atoms with van der Waals surface area (Å²) in [6, 6.07) is 5.11. The van der Waals surface area contributed by atoms with Gasteiger partial charge in [-0.3, -0.25) is 4.79 Å². The lowest BCUT2D eigenvalue weighted by molar-refractivity contribution is 0.0527. The van der Waals surface area contributed by atoms with Crippen LogP contribution in [0.4, 0.5) is 11.4 Å². The van der Waals surface area contributed by atoms with E-state index < -0.39 is 5.97 Å². The van der Waals surface area contributed by atoms with Gasteiger partial charge in [0.25, 0.3) is 0 Å². The predicted molar refractivity (Wildman–Crippen MR) is 79.1 cm³/mol. The number of nitrogens with one attached hydrogen (secondary N) is 2. The molecule has 1 heterocycles. The van der Waals surface area contributed by atoms with Crippen molar-refractivity contribution in [1.82, 2.24) is 4.98 Å². The van der Waals surface area contributed by atoms with Crippen molar-refractivity contribution in [1.29, 1.82) is 0 Å². The summed E-state index contributed by atoms with van der Waals surface area (Å²) in [6.07, 6.45) is 0. The van der Waals surface area contributed by atoms with Gasteiger partial charge in [-0.25, -0.2) is 4.79 Å². The third-order valence-corrected chi connectivity index (χ3v) is 3.36. The number of benzene rings is 1. The van der Waals surface area contributed by atoms with Crippen LogP contribution in [0.1, 0.15) is 23.0 Å². The summed E-state index contributed by atoms with van der Waals surface area (Å²) in [5.74, 6) is -0.447. The van der Waals surface area contributed by atoms with E-state index in [4.69, 9.17) is 10.5 Å². The van der Waals surface area contributed by atoms with Crippen LogP contribution in [-0.4, -0.2) is 17.6 Å². The lowest BCUT2D eigenvalue weighted by atomic mass is 10.1. The highest BCUT2D eigenvalue weighted by Crippen LogP contribution is 2.23. The largest absolute Gasteiger partial charge is 0.462 e. The lowest BCUT2D eigenvalue weighted by Crippen LogP contribution is -2.11. The van der Waals surface area contributed by atoms with Gasteiger partial charge in [0.15, 0.2) is 0 Å². The molecule has 0 aliphatic rings. The molecule has 0 radical (unpaired) electrons. The van der Waals surface area contributed by atoms with Gasteiger partial charge in [0.2, 0.25) is 0 Å². The Hall–Kier alpha value is -2.28. The maximum atomic E-state index is 11.7. The third-order valence-electron chi connectivity index (χ3n) is 2.64. The van der Waals surface area contributed by atoms with Gasteiger partial charge >= 0.3 is 10.8 Å². The Balaban J connectivity index is 2.14. The number of hydrogen-bond acceptors (Lipinski definition) is 6. The van der Waals surface area contributed by atoms with E-state index in [1.807, 2.05) is 0 Å². The molecule has 0 aliphatic carbocycles. The molecule has 0 saturated heterocycles. The van der Waals surface area contributed by atoms with Crippen molar-refractivity contribution >= 4 is 28.7 Å². The monoisotopic (exact) mass is 293 g/mol. The second kappa shape index (κ2) is 6.25. The number of esters is 1. The Kier molecular flexibility index (Phi) is 4.41. The van der Waals surface area contributed by atoms with Gasteiger partial charge in [-0.2, -0.15) is 0 Å². The fourth-order valence-electron chi connectivity index (χ4n) is 1.70. The van der Waals surface area contributed by atoms with E-state index in [1.165, 1.54) is 0 Å². The summed E-state index contributed by atoms with van der Waals surface area (Å²) in [7, 11) is 0. The number of thiazole rings is 1. The second-order valence-corrected chi connectivity index (χ2v) is 4.86. The van der Waals surface area contributed by atoms with Crippen molar-refractivity contribution in [2.24, 2.45) is 0 Å². The molecule has 1 aromatic carbocycles. The number of ether oxygens (including phenoxy) is 1. The fraction of sp³-hybridized carbons (Fsp3) is 0.231. The van der Waals surface area contributed by atoms with Crippen molar-refractivity contribution < 1.29 is 9.53 Å². The number of aromatic amines is 1. The SMILES string of the molecule is CCOC(=O)c1cccc(NCc2csc(=O)[nH]2)c1N. The molecule has 106 valence electrons. The Morgan fingerprint density at radius 2 is 2.30 bits per heavy atom. The number of nitrogen functional groups attached to an aromatic ring is 1. The van der Waals surface area contributed by atoms with Crippen LogP contribution >= 0.6 is 11.3 Å². The number of carbonyl (C=O) groups is 1. The van der Waals surface area contributed by atoms with E-state index >= 15 is 0 Å². The molecule has 0 atom stereocenters. The minimum atomic E-state index is -0.447. The van der Waals surface area contributed by atoms with E-state index in [0.29, 0.717) is 30.1 Å². The van der Waals surface area contributed by atoms with Crippen LogP contribution in [-0.2, 0) is 11.3 Å². The standard InChI is InChI=1S/C13H15N3O3S/c1-2-19-12(17)9-4-3-5-10(11(9)14)15-6-8-7-20-13(18)16-8/h3-5,7,15H,2,6,14H2,1H3,(H,16,18). The molecule has 0 fully saturated rings. The Labute approximate surface area is 119 Å². The quantitative estimate of drug-likeness (QED) is 0.577. The molecule has 4 N–H and O–H groups in total. The lowest BCUT2D eigenvalue weighted by Gasteiger charge is -2.11. The first-order valence-corrected chi connectivity index (χ1v) is 6.96. The first kappa shape index (κ1) is 14.1. The van der Waals surface area contributed by atoms with Crippen LogP contribution in [0, 0.1) is 0 Å². The second-order valence-electron chi connectivity index (χ2n) is 4.01. The Bertz CT molecular complexity index is 663. The van der Waals surface area contributed by atoms with Crippen molar-refractivity contribution in [2.75, 3.05) is 17.7 Å². The number of carbonyl (C=O) groups excluding carboxylic acids is 1. The molecule has 0 bridgehead atoms. The number of hydrogen-bond donors (Lipinski definition) is 3. The van der Waals surface area contributed by atoms with Gasteiger partial charge in [-0.15, -0.1) is 0 Å². The Morgan fingerprint density at radius 1 is 1.50 bits per heavy atom. The molecule has 2 aromatic rings. The summed E-state index contributed by atoms with van der Waals surface area (Å²) in [4.78, 5) is 25.3. The van der Waals surface area contributed by atoms with Crippen LogP contribution in [0.15, 0.2) is 28.4 Å². The van der Waals surface area contributed by atoms with E-state index in [2.05, 4.69) is 10.3 Å². The molecule has 0 saturated carbocycles. The minimum absolute atomic E-state index is 0.102. The van der Waals surface area contributed by atoms with Gasteiger partial charge < -0.3 is 20.8 Å². The first-order valence-electron chi connectivity index (χ1n) is 6.08. The Morgan fingerprint density at radius 3 is 2.95 bits per heavy atom. The molecular weight excluding hydrogens is 278 g/mol. The maximum absolute atomic E-state index is 11.7. The van der Waals surface area contributed by atoms with Gasteiger partial charge in [-0.1, -0.05) is 17.4 Å². The van der Waals surface area contributed by atoms with Gasteiger partial charge in [0.1, 0.15) is 0 Å². The molecule has 0 amide bonds. The number of H-pyrrole nitrogens is 1. The molecule has 20 heavy (non-hydrogen) atoms. The summed E-state index contributed by atoms with van der Waals surface area (Å²) in [6.45, 7) is 2.46. The number of rotatable bonds is 5. The number of nitrogens with two attached hydrogens (primary N) is 1. The summed E-state index contributed by atoms with van der Waals surface area (Å²) in [5.41, 5.74) is 8.01. The number of aromatic nitrogens is 1. The zero-order valence-corrected chi connectivity index (χ0v) is 11.8. The van der Waals surface area contributed by atoms with Crippen molar-refractivity contribution in [3.05, 3.63) is 44.5 Å². The molecule has 7 heteroatoms. The smallest absolute Gasteiger partial charge is 0.340 e. The van der Waals surface area contributed by atoms with E-state index in [9.17, 15) is 9.59 Å². The molecule has 1 aromatic heterocycles. The van der Waals surface area contributed by atoms with E-state index in [1.54, 1.807) is 30.5 Å². The summed E-state index contributed by atoms with van der Waals surface area (Å²) in [5, 5.41) is 4.82. The predicted octanol–water partition coefficient (Wildman–Crippen LogP) is 1.81. The molecule has 0 spiro atoms. The van der Waals surface area contributed by atoms with Gasteiger partial charge in [0, 0.05) is 11.1 Å². The van der Waals surface area contributed by atoms with Crippen molar-refractivity contribution in [3.63, 3.8) is 0 Å².